The van der Waals surface area contributed by atoms with Crippen molar-refractivity contribution in [2.24, 2.45) is 11.8 Å². The summed E-state index contributed by atoms with van der Waals surface area (Å²) in [5.74, 6) is -1.80. The van der Waals surface area contributed by atoms with E-state index in [0.29, 0.717) is 5.56 Å². The predicted molar refractivity (Wildman–Crippen MR) is 130 cm³/mol. The molecule has 1 aromatic carbocycles. The average molecular weight is 509 g/mol. The average Bonchev–Trinajstić information content (AvgIpc) is 2.72. The molecule has 0 spiro atoms. The highest BCUT2D eigenvalue weighted by Crippen LogP contribution is 2.47. The van der Waals surface area contributed by atoms with Crippen LogP contribution in [0.2, 0.25) is 18.1 Å². The van der Waals surface area contributed by atoms with Crippen molar-refractivity contribution in [1.82, 2.24) is 4.90 Å². The Labute approximate surface area is 204 Å². The topological polar surface area (TPSA) is 116 Å². The Kier molecular flexibility index (Phi) is 7.31. The van der Waals surface area contributed by atoms with Crippen LogP contribution < -0.4 is 0 Å². The van der Waals surface area contributed by atoms with E-state index in [1.54, 1.807) is 6.92 Å². The predicted octanol–water partition coefficient (Wildman–Crippen LogP) is 4.11. The molecule has 1 aromatic rings. The Morgan fingerprint density at radius 1 is 1.24 bits per heavy atom. The molecule has 5 atom stereocenters. The number of ether oxygens (including phenoxy) is 1. The van der Waals surface area contributed by atoms with Crippen LogP contribution in [0.25, 0.3) is 0 Å². The third kappa shape index (κ3) is 4.92. The zero-order chi connectivity index (χ0) is 25.6. The molecule has 3 rings (SSSR count). The molecule has 0 N–H and O–H groups in total. The molecule has 0 bridgehead atoms. The SMILES string of the molecule is C[C@@H](O[Si](C)(C)C(C)(C)C)[C@H]1C(=O)N2C(C(=O)OCc3ccc([N+](=O)[O-])cc3)SC(=O)[C@H](C)[C@H]12. The first kappa shape index (κ1) is 26.4. The third-order valence-electron chi connectivity index (χ3n) is 7.12. The Balaban J connectivity index is 1.70. The summed E-state index contributed by atoms with van der Waals surface area (Å²) in [4.78, 5) is 50.5. The van der Waals surface area contributed by atoms with Gasteiger partial charge in [0.25, 0.3) is 5.69 Å². The van der Waals surface area contributed by atoms with Crippen LogP contribution in [-0.4, -0.2) is 52.7 Å². The summed E-state index contributed by atoms with van der Waals surface area (Å²) >= 11 is 0.812. The molecule has 9 nitrogen and oxygen atoms in total. The lowest BCUT2D eigenvalue weighted by Gasteiger charge is -2.56. The van der Waals surface area contributed by atoms with E-state index in [9.17, 15) is 24.5 Å². The molecule has 2 fully saturated rings. The molecule has 186 valence electrons. The molecular formula is C23H32N2O7SSi. The van der Waals surface area contributed by atoms with Crippen molar-refractivity contribution in [3.63, 3.8) is 0 Å². The van der Waals surface area contributed by atoms with Crippen LogP contribution in [0.3, 0.4) is 0 Å². The van der Waals surface area contributed by atoms with Crippen molar-refractivity contribution < 1.29 is 28.5 Å². The molecule has 1 amide bonds. The normalized spacial score (nSPS) is 25.9. The van der Waals surface area contributed by atoms with Crippen molar-refractivity contribution in [3.8, 4) is 0 Å². The third-order valence-corrected chi connectivity index (χ3v) is 12.9. The summed E-state index contributed by atoms with van der Waals surface area (Å²) in [6, 6.07) is 5.23. The highest BCUT2D eigenvalue weighted by molar-refractivity contribution is 8.14. The number of rotatable bonds is 7. The summed E-state index contributed by atoms with van der Waals surface area (Å²) in [6.07, 6.45) is -0.371. The zero-order valence-corrected chi connectivity index (χ0v) is 22.4. The number of nitro groups is 1. The number of carbonyl (C=O) groups is 3. The van der Waals surface area contributed by atoms with E-state index >= 15 is 0 Å². The van der Waals surface area contributed by atoms with Crippen molar-refractivity contribution in [2.75, 3.05) is 0 Å². The summed E-state index contributed by atoms with van der Waals surface area (Å²) in [5, 5.41) is 9.56. The number of amides is 1. The lowest BCUT2D eigenvalue weighted by atomic mass is 9.76. The smallest absolute Gasteiger partial charge is 0.340 e. The number of nitrogens with zero attached hydrogens (tertiary/aromatic N) is 2. The first-order chi connectivity index (χ1) is 15.7. The van der Waals surface area contributed by atoms with Gasteiger partial charge in [0, 0.05) is 18.1 Å². The Morgan fingerprint density at radius 3 is 2.35 bits per heavy atom. The fourth-order valence-electron chi connectivity index (χ4n) is 4.09. The number of hydrogen-bond acceptors (Lipinski definition) is 8. The number of carbonyl (C=O) groups excluding carboxylic acids is 3. The maximum absolute atomic E-state index is 13.2. The van der Waals surface area contributed by atoms with Crippen molar-refractivity contribution in [3.05, 3.63) is 39.9 Å². The minimum atomic E-state index is -2.13. The molecule has 2 heterocycles. The Bertz CT molecular complexity index is 992. The zero-order valence-electron chi connectivity index (χ0n) is 20.6. The highest BCUT2D eigenvalue weighted by atomic mass is 32.2. The lowest BCUT2D eigenvalue weighted by molar-refractivity contribution is -0.384. The van der Waals surface area contributed by atoms with Crippen molar-refractivity contribution >= 4 is 42.8 Å². The number of β-lactam (4-membered cyclic amide) rings is 1. The molecule has 0 aromatic heterocycles. The van der Waals surface area contributed by atoms with Gasteiger partial charge in [0.15, 0.2) is 18.8 Å². The van der Waals surface area contributed by atoms with Crippen LogP contribution in [0, 0.1) is 22.0 Å². The maximum atomic E-state index is 13.2. The Morgan fingerprint density at radius 2 is 1.82 bits per heavy atom. The van der Waals surface area contributed by atoms with E-state index < -0.39 is 42.5 Å². The number of nitro benzene ring substituents is 1. The van der Waals surface area contributed by atoms with Gasteiger partial charge >= 0.3 is 5.97 Å². The van der Waals surface area contributed by atoms with Crippen LogP contribution in [0.15, 0.2) is 24.3 Å². The second kappa shape index (κ2) is 9.42. The number of hydrogen-bond donors (Lipinski definition) is 0. The van der Waals surface area contributed by atoms with Gasteiger partial charge in [-0.05, 0) is 42.8 Å². The molecule has 0 aliphatic carbocycles. The van der Waals surface area contributed by atoms with Crippen LogP contribution in [0.4, 0.5) is 5.69 Å². The van der Waals surface area contributed by atoms with E-state index in [0.717, 1.165) is 11.8 Å². The highest BCUT2D eigenvalue weighted by Gasteiger charge is 2.62. The summed E-state index contributed by atoms with van der Waals surface area (Å²) in [7, 11) is -2.13. The fourth-order valence-corrected chi connectivity index (χ4v) is 6.61. The van der Waals surface area contributed by atoms with Crippen LogP contribution in [0.5, 0.6) is 0 Å². The number of fused-ring (bicyclic) bond motifs is 1. The monoisotopic (exact) mass is 508 g/mol. The number of esters is 1. The molecule has 11 heteroatoms. The van der Waals surface area contributed by atoms with Gasteiger partial charge in [0.05, 0.1) is 23.0 Å². The van der Waals surface area contributed by atoms with Gasteiger partial charge < -0.3 is 14.1 Å². The van der Waals surface area contributed by atoms with Gasteiger partial charge in [-0.15, -0.1) is 0 Å². The van der Waals surface area contributed by atoms with Gasteiger partial charge in [-0.3, -0.25) is 19.7 Å². The minimum Gasteiger partial charge on any atom is -0.459 e. The molecule has 2 aliphatic heterocycles. The Hall–Kier alpha value is -2.24. The number of non-ortho nitro benzene ring substituents is 1. The second-order valence-corrected chi connectivity index (χ2v) is 16.3. The van der Waals surface area contributed by atoms with Crippen LogP contribution >= 0.6 is 11.8 Å². The first-order valence-electron chi connectivity index (χ1n) is 11.3. The minimum absolute atomic E-state index is 0.0260. The standard InChI is InChI=1S/C23H32N2O7SSi/c1-13-18-17(14(2)32-34(6,7)23(3,4)5)19(26)24(18)20(33-22(13)28)21(27)31-12-15-8-10-16(11-9-15)25(29)30/h8-11,13-14,17-18,20H,12H2,1-7H3/t13-,14-,17-,18-,20?/m1/s1. The van der Waals surface area contributed by atoms with Crippen LogP contribution in [0.1, 0.15) is 40.2 Å². The second-order valence-electron chi connectivity index (χ2n) is 10.5. The van der Waals surface area contributed by atoms with Crippen LogP contribution in [-0.2, 0) is 30.2 Å². The quantitative estimate of drug-likeness (QED) is 0.178. The fraction of sp³-hybridized carbons (Fsp3) is 0.609. The summed E-state index contributed by atoms with van der Waals surface area (Å²) in [5.41, 5.74) is 0.506. The molecule has 34 heavy (non-hydrogen) atoms. The first-order valence-corrected chi connectivity index (χ1v) is 15.0. The molecule has 1 unspecified atom stereocenters. The van der Waals surface area contributed by atoms with Crippen molar-refractivity contribution in [1.29, 1.82) is 0 Å². The largest absolute Gasteiger partial charge is 0.459 e. The molecule has 0 saturated carbocycles. The number of benzene rings is 1. The number of thioether (sulfide) groups is 1. The van der Waals surface area contributed by atoms with Gasteiger partial charge in [0.1, 0.15) is 6.61 Å². The molecule has 0 radical (unpaired) electrons. The van der Waals surface area contributed by atoms with Gasteiger partial charge in [0.2, 0.25) is 5.91 Å². The summed E-state index contributed by atoms with van der Waals surface area (Å²) in [6.45, 7) is 14.2. The van der Waals surface area contributed by atoms with E-state index in [4.69, 9.17) is 9.16 Å². The lowest BCUT2D eigenvalue weighted by Crippen LogP contribution is -2.73. The van der Waals surface area contributed by atoms with E-state index in [2.05, 4.69) is 33.9 Å². The van der Waals surface area contributed by atoms with E-state index in [1.165, 1.54) is 29.2 Å². The van der Waals surface area contributed by atoms with Gasteiger partial charge in [-0.25, -0.2) is 4.79 Å². The van der Waals surface area contributed by atoms with E-state index in [1.807, 2.05) is 6.92 Å². The summed E-state index contributed by atoms with van der Waals surface area (Å²) < 4.78 is 11.8. The molecule has 2 aliphatic rings. The maximum Gasteiger partial charge on any atom is 0.340 e. The molecule has 2 saturated heterocycles. The van der Waals surface area contributed by atoms with Gasteiger partial charge in [-0.1, -0.05) is 39.5 Å². The van der Waals surface area contributed by atoms with Crippen molar-refractivity contribution in [2.45, 2.75) is 76.9 Å². The van der Waals surface area contributed by atoms with Gasteiger partial charge in [-0.2, -0.15) is 0 Å². The molecular weight excluding hydrogens is 476 g/mol. The van der Waals surface area contributed by atoms with E-state index in [-0.39, 0.29) is 34.5 Å².